The Hall–Kier alpha value is -3.07. The number of carbonyl (C=O) groups excluding carboxylic acids is 2. The number of benzene rings is 1. The number of fused-ring (bicyclic) bond motifs is 1. The van der Waals surface area contributed by atoms with Crippen LogP contribution in [0.4, 0.5) is 5.69 Å². The maximum atomic E-state index is 11.5. The van der Waals surface area contributed by atoms with Gasteiger partial charge in [0, 0.05) is 30.0 Å². The molecule has 1 amide bonds. The minimum Gasteiger partial charge on any atom is -0.466 e. The first kappa shape index (κ1) is 18.0. The number of nitrogens with zero attached hydrogens (tertiary/aromatic N) is 1. The van der Waals surface area contributed by atoms with Crippen molar-refractivity contribution in [2.24, 2.45) is 5.73 Å². The van der Waals surface area contributed by atoms with E-state index in [4.69, 9.17) is 11.0 Å². The molecule has 1 aliphatic rings. The van der Waals surface area contributed by atoms with E-state index >= 15 is 0 Å². The van der Waals surface area contributed by atoms with Crippen molar-refractivity contribution in [2.75, 3.05) is 12.4 Å². The molecule has 0 saturated heterocycles. The Balaban J connectivity index is 0.00000127. The molecule has 1 aromatic carbocycles. The molecule has 0 radical (unpaired) electrons. The third-order valence-electron chi connectivity index (χ3n) is 3.39. The van der Waals surface area contributed by atoms with Gasteiger partial charge in [-0.1, -0.05) is 24.8 Å². The van der Waals surface area contributed by atoms with Gasteiger partial charge in [0.2, 0.25) is 5.91 Å². The minimum atomic E-state index is -0.445. The standard InChI is InChI=1S/C16H18N2O3.CHN/c1-10(16(20)21-2)7-12-8-11-5-3-4-6-13(11)18-14(12)9-15(17)19;1-2/h3-6,18H,1,7-9H2,2H3,(H2,17,19);1H. The molecule has 1 aliphatic heterocycles. The second kappa shape index (κ2) is 8.39. The molecule has 2 rings (SSSR count). The van der Waals surface area contributed by atoms with Crippen LogP contribution in [0, 0.1) is 11.8 Å². The summed E-state index contributed by atoms with van der Waals surface area (Å²) in [6, 6.07) is 7.82. The van der Waals surface area contributed by atoms with Crippen molar-refractivity contribution < 1.29 is 14.3 Å². The minimum absolute atomic E-state index is 0.109. The number of nitrogens with two attached hydrogens (primary N) is 1. The summed E-state index contributed by atoms with van der Waals surface area (Å²) in [5, 5.41) is 9.73. The highest BCUT2D eigenvalue weighted by atomic mass is 16.5. The molecule has 0 aliphatic carbocycles. The van der Waals surface area contributed by atoms with Gasteiger partial charge in [-0.05, 0) is 23.6 Å². The average Bonchev–Trinajstić information content (AvgIpc) is 2.55. The topological polar surface area (TPSA) is 105 Å². The number of hydrogen-bond acceptors (Lipinski definition) is 5. The number of esters is 1. The van der Waals surface area contributed by atoms with E-state index in [1.807, 2.05) is 24.3 Å². The van der Waals surface area contributed by atoms with Crippen molar-refractivity contribution in [3.63, 3.8) is 0 Å². The van der Waals surface area contributed by atoms with Crippen molar-refractivity contribution in [3.8, 4) is 6.57 Å². The van der Waals surface area contributed by atoms with E-state index in [9.17, 15) is 9.59 Å². The molecule has 0 atom stereocenters. The van der Waals surface area contributed by atoms with E-state index in [0.29, 0.717) is 18.4 Å². The van der Waals surface area contributed by atoms with E-state index in [0.717, 1.165) is 22.5 Å². The number of anilines is 1. The number of ether oxygens (including phenoxy) is 1. The van der Waals surface area contributed by atoms with E-state index < -0.39 is 11.9 Å². The molecule has 120 valence electrons. The van der Waals surface area contributed by atoms with Crippen LogP contribution in [0.2, 0.25) is 0 Å². The Morgan fingerprint density at radius 1 is 1.35 bits per heavy atom. The van der Waals surface area contributed by atoms with E-state index in [1.54, 1.807) is 0 Å². The first-order valence-electron chi connectivity index (χ1n) is 6.87. The number of methoxy groups -OCH3 is 1. The first-order chi connectivity index (χ1) is 11.0. The summed E-state index contributed by atoms with van der Waals surface area (Å²) >= 11 is 0. The van der Waals surface area contributed by atoms with Crippen molar-refractivity contribution in [3.05, 3.63) is 53.3 Å². The van der Waals surface area contributed by atoms with E-state index in [2.05, 4.69) is 23.2 Å². The summed E-state index contributed by atoms with van der Waals surface area (Å²) < 4.78 is 4.67. The lowest BCUT2D eigenvalue weighted by molar-refractivity contribution is -0.136. The fourth-order valence-corrected chi connectivity index (χ4v) is 2.37. The second-order valence-corrected chi connectivity index (χ2v) is 4.96. The number of rotatable bonds is 5. The smallest absolute Gasteiger partial charge is 0.333 e. The zero-order chi connectivity index (χ0) is 17.4. The van der Waals surface area contributed by atoms with Gasteiger partial charge in [-0.2, -0.15) is 0 Å². The summed E-state index contributed by atoms with van der Waals surface area (Å²) in [7, 11) is 1.32. The highest BCUT2D eigenvalue weighted by molar-refractivity contribution is 5.88. The van der Waals surface area contributed by atoms with Crippen LogP contribution in [0.5, 0.6) is 0 Å². The van der Waals surface area contributed by atoms with Crippen LogP contribution in [0.3, 0.4) is 0 Å². The van der Waals surface area contributed by atoms with Gasteiger partial charge in [-0.25, -0.2) is 10.1 Å². The molecule has 6 heteroatoms. The maximum Gasteiger partial charge on any atom is 0.333 e. The SMILES string of the molecule is C#N.C=C(CC1=C(CC(N)=O)Nc2ccccc2C1)C(=O)OC. The predicted octanol–water partition coefficient (Wildman–Crippen LogP) is 2.04. The number of amides is 1. The van der Waals surface area contributed by atoms with Gasteiger partial charge < -0.3 is 15.8 Å². The van der Waals surface area contributed by atoms with Crippen LogP contribution in [-0.4, -0.2) is 19.0 Å². The van der Waals surface area contributed by atoms with Crippen LogP contribution < -0.4 is 11.1 Å². The fraction of sp³-hybridized carbons (Fsp3) is 0.235. The molecule has 0 unspecified atom stereocenters. The van der Waals surface area contributed by atoms with Crippen LogP contribution >= 0.6 is 0 Å². The summed E-state index contributed by atoms with van der Waals surface area (Å²) in [5.74, 6) is -0.863. The van der Waals surface area contributed by atoms with Gasteiger partial charge >= 0.3 is 5.97 Å². The van der Waals surface area contributed by atoms with Gasteiger partial charge in [0.25, 0.3) is 0 Å². The molecule has 1 aromatic rings. The monoisotopic (exact) mass is 313 g/mol. The lowest BCUT2D eigenvalue weighted by Gasteiger charge is -2.24. The molecule has 0 saturated carbocycles. The summed E-state index contributed by atoms with van der Waals surface area (Å²) in [6.45, 7) is 7.24. The lowest BCUT2D eigenvalue weighted by Crippen LogP contribution is -2.20. The second-order valence-electron chi connectivity index (χ2n) is 4.96. The number of nitriles is 1. The lowest BCUT2D eigenvalue weighted by atomic mass is 9.92. The normalized spacial score (nSPS) is 12.1. The number of carbonyl (C=O) groups is 2. The first-order valence-corrected chi connectivity index (χ1v) is 6.87. The Bertz CT molecular complexity index is 675. The summed E-state index contributed by atoms with van der Waals surface area (Å²) in [6.07, 6.45) is 1.12. The Kier molecular flexibility index (Phi) is 6.56. The van der Waals surface area contributed by atoms with Gasteiger partial charge in [0.15, 0.2) is 0 Å². The number of nitrogens with one attached hydrogen (secondary N) is 1. The third kappa shape index (κ3) is 4.71. The van der Waals surface area contributed by atoms with E-state index in [1.165, 1.54) is 7.11 Å². The zero-order valence-electron chi connectivity index (χ0n) is 13.0. The van der Waals surface area contributed by atoms with Gasteiger partial charge in [-0.15, -0.1) is 0 Å². The molecule has 1 heterocycles. The van der Waals surface area contributed by atoms with Crippen LogP contribution in [0.15, 0.2) is 47.7 Å². The van der Waals surface area contributed by atoms with Crippen LogP contribution in [-0.2, 0) is 20.7 Å². The predicted molar refractivity (Wildman–Crippen MR) is 87.0 cm³/mol. The zero-order valence-corrected chi connectivity index (χ0v) is 13.0. The third-order valence-corrected chi connectivity index (χ3v) is 3.39. The van der Waals surface area contributed by atoms with Gasteiger partial charge in [0.1, 0.15) is 0 Å². The highest BCUT2D eigenvalue weighted by Gasteiger charge is 2.20. The summed E-state index contributed by atoms with van der Waals surface area (Å²) in [5.41, 5.74) is 9.40. The molecule has 23 heavy (non-hydrogen) atoms. The molecular weight excluding hydrogens is 294 g/mol. The van der Waals surface area contributed by atoms with Crippen molar-refractivity contribution in [1.82, 2.24) is 0 Å². The maximum absolute atomic E-state index is 11.5. The number of allylic oxidation sites excluding steroid dienone is 1. The van der Waals surface area contributed by atoms with Crippen molar-refractivity contribution >= 4 is 17.6 Å². The molecular formula is C17H19N3O3. The molecule has 3 N–H and O–H groups in total. The summed E-state index contributed by atoms with van der Waals surface area (Å²) in [4.78, 5) is 22.7. The van der Waals surface area contributed by atoms with E-state index in [-0.39, 0.29) is 6.42 Å². The van der Waals surface area contributed by atoms with Crippen LogP contribution in [0.25, 0.3) is 0 Å². The molecule has 0 fully saturated rings. The fourth-order valence-electron chi connectivity index (χ4n) is 2.37. The molecule has 6 nitrogen and oxygen atoms in total. The van der Waals surface area contributed by atoms with Crippen molar-refractivity contribution in [1.29, 1.82) is 5.26 Å². The molecule has 0 spiro atoms. The van der Waals surface area contributed by atoms with Gasteiger partial charge in [-0.3, -0.25) is 4.79 Å². The quantitative estimate of drug-likeness (QED) is 0.639. The Morgan fingerprint density at radius 2 is 2.00 bits per heavy atom. The average molecular weight is 313 g/mol. The number of para-hydroxylation sites is 1. The Morgan fingerprint density at radius 3 is 2.61 bits per heavy atom. The number of hydrogen-bond donors (Lipinski definition) is 2. The molecule has 0 bridgehead atoms. The van der Waals surface area contributed by atoms with Crippen LogP contribution in [0.1, 0.15) is 18.4 Å². The Labute approximate surface area is 135 Å². The number of primary amides is 1. The highest BCUT2D eigenvalue weighted by Crippen LogP contribution is 2.31. The molecule has 0 aromatic heterocycles. The largest absolute Gasteiger partial charge is 0.466 e. The van der Waals surface area contributed by atoms with Crippen molar-refractivity contribution in [2.45, 2.75) is 19.3 Å². The van der Waals surface area contributed by atoms with Gasteiger partial charge in [0.05, 0.1) is 13.5 Å².